The van der Waals surface area contributed by atoms with Crippen molar-refractivity contribution in [2.45, 2.75) is 127 Å². The van der Waals surface area contributed by atoms with E-state index < -0.39 is 24.3 Å². The Labute approximate surface area is 409 Å². The number of ether oxygens (including phenoxy) is 2. The van der Waals surface area contributed by atoms with Gasteiger partial charge in [-0.25, -0.2) is 19.6 Å². The molecule has 364 valence electrons. The number of H-pyrrole nitrogens is 2. The summed E-state index contributed by atoms with van der Waals surface area (Å²) in [5.74, 6) is 2.88. The molecule has 0 spiro atoms. The van der Waals surface area contributed by atoms with Crippen LogP contribution >= 0.6 is 0 Å². The number of alkyl carbamates (subject to hydrolysis) is 2. The summed E-state index contributed by atoms with van der Waals surface area (Å²) in [4.78, 5) is 72.6. The second kappa shape index (κ2) is 18.2. The summed E-state index contributed by atoms with van der Waals surface area (Å²) in [6.45, 7) is 8.93. The SMILES string of the molecule is COC(=O)N[C@H](C(=O)N1CCC[C@H]1c1ncc(-c2ccc(-c3ccc(-c4ccc(-c5cnc([C@@H]6CCCN6C(=O)[C@@H](NC(=O)OC)C(C)C)[nH]5)c5c4C4CCC5C4)c4c3C3C=CC4C3)cc2)[nH]1)C(C)C. The maximum Gasteiger partial charge on any atom is 0.407 e. The summed E-state index contributed by atoms with van der Waals surface area (Å²) >= 11 is 0. The van der Waals surface area contributed by atoms with Crippen LogP contribution in [0, 0.1) is 11.8 Å². The molecule has 2 aliphatic heterocycles. The van der Waals surface area contributed by atoms with Gasteiger partial charge >= 0.3 is 12.2 Å². The first kappa shape index (κ1) is 45.7. The molecule has 4 amide bonds. The van der Waals surface area contributed by atoms with Crippen LogP contribution in [0.1, 0.15) is 149 Å². The Balaban J connectivity index is 0.863. The first-order valence-corrected chi connectivity index (χ1v) is 25.4. The van der Waals surface area contributed by atoms with Crippen LogP contribution in [-0.2, 0) is 19.1 Å². The highest BCUT2D eigenvalue weighted by Gasteiger charge is 2.44. The van der Waals surface area contributed by atoms with Gasteiger partial charge in [0.05, 0.1) is 50.1 Å². The van der Waals surface area contributed by atoms with Crippen molar-refractivity contribution in [2.75, 3.05) is 27.3 Å². The zero-order valence-electron chi connectivity index (χ0n) is 41.0. The average molecular weight is 945 g/mol. The number of aromatic nitrogens is 4. The Hall–Kier alpha value is -6.70. The van der Waals surface area contributed by atoms with E-state index in [0.29, 0.717) is 36.8 Å². The Bertz CT molecular complexity index is 2900. The lowest BCUT2D eigenvalue weighted by Gasteiger charge is -2.30. The van der Waals surface area contributed by atoms with E-state index in [1.807, 2.05) is 49.9 Å². The second-order valence-corrected chi connectivity index (χ2v) is 21.1. The Morgan fingerprint density at radius 1 is 0.571 bits per heavy atom. The summed E-state index contributed by atoms with van der Waals surface area (Å²) in [7, 11) is 2.62. The minimum Gasteiger partial charge on any atom is -0.453 e. The highest BCUT2D eigenvalue weighted by molar-refractivity contribution is 5.89. The minimum absolute atomic E-state index is 0.101. The Morgan fingerprint density at radius 3 is 1.57 bits per heavy atom. The molecule has 6 aliphatic rings. The van der Waals surface area contributed by atoms with Crippen LogP contribution in [0.15, 0.2) is 73.1 Å². The topological polar surface area (TPSA) is 175 Å². The molecule has 14 heteroatoms. The van der Waals surface area contributed by atoms with Crippen molar-refractivity contribution < 1.29 is 28.7 Å². The van der Waals surface area contributed by atoms with Crippen LogP contribution in [0.3, 0.4) is 0 Å². The van der Waals surface area contributed by atoms with Crippen molar-refractivity contribution in [2.24, 2.45) is 11.8 Å². The van der Waals surface area contributed by atoms with Gasteiger partial charge < -0.3 is 39.9 Å². The van der Waals surface area contributed by atoms with Crippen molar-refractivity contribution in [3.8, 4) is 44.8 Å². The summed E-state index contributed by atoms with van der Waals surface area (Å²) in [6.07, 6.45) is 15.4. The molecule has 4 unspecified atom stereocenters. The summed E-state index contributed by atoms with van der Waals surface area (Å²) in [5, 5.41) is 5.50. The zero-order chi connectivity index (χ0) is 48.5. The second-order valence-electron chi connectivity index (χ2n) is 21.1. The average Bonchev–Trinajstić information content (AvgIpc) is 4.23. The number of nitrogens with one attached hydrogen (secondary N) is 4. The number of amides is 4. The molecule has 5 aromatic rings. The van der Waals surface area contributed by atoms with Gasteiger partial charge in [0, 0.05) is 30.5 Å². The van der Waals surface area contributed by atoms with Gasteiger partial charge in [0.1, 0.15) is 23.7 Å². The zero-order valence-corrected chi connectivity index (χ0v) is 41.0. The van der Waals surface area contributed by atoms with Gasteiger partial charge in [-0.3, -0.25) is 9.59 Å². The van der Waals surface area contributed by atoms with Crippen molar-refractivity contribution >= 4 is 24.0 Å². The fourth-order valence-electron chi connectivity index (χ4n) is 13.1. The number of fused-ring (bicyclic) bond motifs is 10. The molecule has 0 radical (unpaired) electrons. The first-order valence-electron chi connectivity index (χ1n) is 25.4. The highest BCUT2D eigenvalue weighted by atomic mass is 16.5. The van der Waals surface area contributed by atoms with Gasteiger partial charge in [-0.05, 0) is 125 Å². The number of carbonyl (C=O) groups is 4. The van der Waals surface area contributed by atoms with Crippen LogP contribution in [0.2, 0.25) is 0 Å². The number of carbonyl (C=O) groups excluding carboxylic acids is 4. The number of hydrogen-bond acceptors (Lipinski definition) is 8. The number of aromatic amines is 2. The Morgan fingerprint density at radius 2 is 1.03 bits per heavy atom. The molecule has 2 saturated heterocycles. The molecule has 11 rings (SSSR count). The van der Waals surface area contributed by atoms with Crippen LogP contribution < -0.4 is 10.6 Å². The monoisotopic (exact) mass is 944 g/mol. The van der Waals surface area contributed by atoms with Crippen LogP contribution in [0.25, 0.3) is 44.8 Å². The summed E-state index contributed by atoms with van der Waals surface area (Å²) < 4.78 is 9.67. The lowest BCUT2D eigenvalue weighted by Crippen LogP contribution is -2.51. The van der Waals surface area contributed by atoms with Crippen LogP contribution in [0.4, 0.5) is 9.59 Å². The maximum absolute atomic E-state index is 13.9. The van der Waals surface area contributed by atoms with Crippen molar-refractivity contribution in [1.82, 2.24) is 40.4 Å². The van der Waals surface area contributed by atoms with E-state index in [9.17, 15) is 19.2 Å². The lowest BCUT2D eigenvalue weighted by atomic mass is 9.78. The number of likely N-dealkylation sites (tertiary alicyclic amines) is 2. The number of imidazole rings is 2. The van der Waals surface area contributed by atoms with E-state index in [2.05, 4.69) is 81.3 Å². The molecule has 3 aromatic carbocycles. The van der Waals surface area contributed by atoms with E-state index >= 15 is 0 Å². The van der Waals surface area contributed by atoms with Crippen molar-refractivity contribution in [1.29, 1.82) is 0 Å². The third-order valence-corrected chi connectivity index (χ3v) is 16.4. The fraction of sp³-hybridized carbons (Fsp3) is 0.464. The fourth-order valence-corrected chi connectivity index (χ4v) is 13.1. The van der Waals surface area contributed by atoms with Crippen LogP contribution in [-0.4, -0.2) is 93.1 Å². The molecule has 4 N–H and O–H groups in total. The minimum atomic E-state index is -0.686. The molecule has 1 saturated carbocycles. The van der Waals surface area contributed by atoms with Crippen LogP contribution in [0.5, 0.6) is 0 Å². The molecular formula is C56H64N8O6. The smallest absolute Gasteiger partial charge is 0.407 e. The maximum atomic E-state index is 13.9. The van der Waals surface area contributed by atoms with Crippen molar-refractivity contribution in [3.05, 3.63) is 107 Å². The third kappa shape index (κ3) is 7.78. The van der Waals surface area contributed by atoms with Gasteiger partial charge in [-0.1, -0.05) is 88.4 Å². The van der Waals surface area contributed by atoms with E-state index in [4.69, 9.17) is 19.4 Å². The number of benzene rings is 3. The predicted molar refractivity (Wildman–Crippen MR) is 267 cm³/mol. The molecule has 2 aromatic heterocycles. The summed E-state index contributed by atoms with van der Waals surface area (Å²) in [5.41, 5.74) is 15.2. The highest BCUT2D eigenvalue weighted by Crippen LogP contribution is 2.61. The number of methoxy groups -OCH3 is 2. The predicted octanol–water partition coefficient (Wildman–Crippen LogP) is 10.4. The normalized spacial score (nSPS) is 23.5. The first-order chi connectivity index (χ1) is 33.9. The molecule has 8 atom stereocenters. The molecule has 70 heavy (non-hydrogen) atoms. The molecule has 14 nitrogen and oxygen atoms in total. The van der Waals surface area contributed by atoms with E-state index in [0.717, 1.165) is 60.7 Å². The lowest BCUT2D eigenvalue weighted by molar-refractivity contribution is -0.136. The summed E-state index contributed by atoms with van der Waals surface area (Å²) in [6, 6.07) is 16.4. The number of allylic oxidation sites excluding steroid dienone is 2. The van der Waals surface area contributed by atoms with E-state index in [1.165, 1.54) is 83.6 Å². The molecule has 4 bridgehead atoms. The molecule has 4 heterocycles. The van der Waals surface area contributed by atoms with Gasteiger partial charge in [-0.15, -0.1) is 0 Å². The molecule has 3 fully saturated rings. The van der Waals surface area contributed by atoms with E-state index in [-0.39, 0.29) is 35.7 Å². The molecular weight excluding hydrogens is 881 g/mol. The van der Waals surface area contributed by atoms with E-state index in [1.54, 1.807) is 0 Å². The third-order valence-electron chi connectivity index (χ3n) is 16.4. The van der Waals surface area contributed by atoms with Gasteiger partial charge in [0.25, 0.3) is 0 Å². The Kier molecular flexibility index (Phi) is 11.9. The van der Waals surface area contributed by atoms with Gasteiger partial charge in [0.15, 0.2) is 0 Å². The molecule has 4 aliphatic carbocycles. The van der Waals surface area contributed by atoms with Gasteiger partial charge in [-0.2, -0.15) is 0 Å². The number of nitrogens with zero attached hydrogens (tertiary/aromatic N) is 4. The number of hydrogen-bond donors (Lipinski definition) is 4. The largest absolute Gasteiger partial charge is 0.453 e. The van der Waals surface area contributed by atoms with Crippen molar-refractivity contribution in [3.63, 3.8) is 0 Å². The quantitative estimate of drug-likeness (QED) is 0.0894. The standard InChI is InChI=1S/C56H64N8O6/c1-29(2)49(61-55(67)69-5)53(65)63-23-7-9-43(63)51-57-27-41(59-51)32-13-11-31(12-14-32)37-19-20-38(46-34-16-15-33(25-34)45(37)46)39-21-22-40(48-36-18-17-35(26-36)47(39)48)42-28-58-52(60-42)44-10-8-24-64(44)54(66)50(30(3)4)62-56(68)70-6/h11-16,19-22,27-30,33-36,43-44,49-50H,7-10,17-18,23-26H2,1-6H3,(H,57,59)(H,58,60)(H,61,67)(H,62,68)/t33?,34?,35?,36?,43-,44-,49-,50-/m0/s1. The van der Waals surface area contributed by atoms with Gasteiger partial charge in [0.2, 0.25) is 11.8 Å². The number of rotatable bonds is 12.